The average molecular weight is 424 g/mol. The van der Waals surface area contributed by atoms with Gasteiger partial charge in [0.25, 0.3) is 0 Å². The number of aromatic nitrogens is 1. The first-order valence-electron chi connectivity index (χ1n) is 10.3. The van der Waals surface area contributed by atoms with Gasteiger partial charge in [0.1, 0.15) is 13.2 Å². The van der Waals surface area contributed by atoms with Crippen LogP contribution in [-0.2, 0) is 11.2 Å². The van der Waals surface area contributed by atoms with E-state index in [4.69, 9.17) is 19.7 Å². The molecule has 7 nitrogen and oxygen atoms in total. The molecule has 0 aliphatic carbocycles. The molecule has 0 radical (unpaired) electrons. The number of benzene rings is 2. The summed E-state index contributed by atoms with van der Waals surface area (Å²) >= 11 is 0. The van der Waals surface area contributed by atoms with Crippen LogP contribution in [0.4, 0.5) is 0 Å². The van der Waals surface area contributed by atoms with Gasteiger partial charge >= 0.3 is 0 Å². The number of nitrogens with one attached hydrogen (secondary N) is 2. The van der Waals surface area contributed by atoms with Crippen LogP contribution >= 0.6 is 0 Å². The Morgan fingerprint density at radius 3 is 2.58 bits per heavy atom. The molecular weight excluding hydrogens is 396 g/mol. The van der Waals surface area contributed by atoms with Crippen molar-refractivity contribution in [3.8, 4) is 11.5 Å². The first kappa shape index (κ1) is 22.4. The molecule has 0 saturated carbocycles. The molecule has 0 bridgehead atoms. The van der Waals surface area contributed by atoms with Crippen molar-refractivity contribution in [2.75, 3.05) is 33.0 Å². The van der Waals surface area contributed by atoms with Gasteiger partial charge in [0, 0.05) is 29.2 Å². The molecule has 2 aromatic carbocycles. The molecule has 0 spiro atoms. The molecule has 4 N–H and O–H groups in total. The molecule has 0 saturated heterocycles. The lowest BCUT2D eigenvalue weighted by atomic mass is 10.1. The molecule has 0 aliphatic heterocycles. The zero-order valence-corrected chi connectivity index (χ0v) is 17.6. The van der Waals surface area contributed by atoms with E-state index in [1.807, 2.05) is 25.1 Å². The van der Waals surface area contributed by atoms with Crippen molar-refractivity contribution in [2.24, 2.45) is 0 Å². The van der Waals surface area contributed by atoms with Crippen LogP contribution in [0.25, 0.3) is 17.0 Å². The van der Waals surface area contributed by atoms with Gasteiger partial charge in [-0.25, -0.2) is 0 Å². The third kappa shape index (κ3) is 6.10. The van der Waals surface area contributed by atoms with Crippen LogP contribution in [0.2, 0.25) is 0 Å². The second kappa shape index (κ2) is 11.2. The zero-order valence-electron chi connectivity index (χ0n) is 17.6. The van der Waals surface area contributed by atoms with Gasteiger partial charge in [0.2, 0.25) is 5.91 Å². The van der Waals surface area contributed by atoms with E-state index in [1.165, 1.54) is 17.0 Å². The Morgan fingerprint density at radius 2 is 1.81 bits per heavy atom. The Hall–Kier alpha value is -3.29. The molecule has 164 valence electrons. The highest BCUT2D eigenvalue weighted by Gasteiger charge is 2.08. The Morgan fingerprint density at radius 1 is 1.06 bits per heavy atom. The Labute approximate surface area is 181 Å². The Kier molecular flexibility index (Phi) is 8.09. The number of H-pyrrole nitrogens is 1. The van der Waals surface area contributed by atoms with Gasteiger partial charge in [-0.2, -0.15) is 0 Å². The fourth-order valence-electron chi connectivity index (χ4n) is 3.37. The standard InChI is InChI=1S/C24H28N2O5/c1-17-19(20-4-2-3-5-21(20)26-17)10-11-25-24(29)9-7-18-6-8-22(30-14-12-27)23(16-18)31-15-13-28/h2-9,16,26-28H,10-15H2,1H3,(H,25,29). The van der Waals surface area contributed by atoms with Gasteiger partial charge < -0.3 is 30.0 Å². The summed E-state index contributed by atoms with van der Waals surface area (Å²) in [5, 5.41) is 22.0. The predicted octanol–water partition coefficient (Wildman–Crippen LogP) is 2.59. The second-order valence-corrected chi connectivity index (χ2v) is 7.00. The number of rotatable bonds is 11. The molecule has 1 heterocycles. The number of carbonyl (C=O) groups is 1. The summed E-state index contributed by atoms with van der Waals surface area (Å²) in [5.74, 6) is 0.731. The molecule has 31 heavy (non-hydrogen) atoms. The molecule has 3 aromatic rings. The molecule has 3 rings (SSSR count). The van der Waals surface area contributed by atoms with Crippen molar-refractivity contribution in [3.63, 3.8) is 0 Å². The third-order valence-electron chi connectivity index (χ3n) is 4.79. The number of hydrogen-bond acceptors (Lipinski definition) is 5. The molecular formula is C24H28N2O5. The number of aromatic amines is 1. The predicted molar refractivity (Wildman–Crippen MR) is 120 cm³/mol. The van der Waals surface area contributed by atoms with Gasteiger partial charge in [-0.15, -0.1) is 0 Å². The number of para-hydroxylation sites is 1. The van der Waals surface area contributed by atoms with E-state index in [0.717, 1.165) is 23.2 Å². The summed E-state index contributed by atoms with van der Waals surface area (Å²) in [5.41, 5.74) is 4.19. The van der Waals surface area contributed by atoms with E-state index in [-0.39, 0.29) is 32.3 Å². The molecule has 0 unspecified atom stereocenters. The van der Waals surface area contributed by atoms with Crippen molar-refractivity contribution >= 4 is 22.9 Å². The zero-order chi connectivity index (χ0) is 22.1. The second-order valence-electron chi connectivity index (χ2n) is 7.00. The summed E-state index contributed by atoms with van der Waals surface area (Å²) in [6, 6.07) is 13.4. The summed E-state index contributed by atoms with van der Waals surface area (Å²) in [4.78, 5) is 15.6. The normalized spacial score (nSPS) is 11.2. The average Bonchev–Trinajstić information content (AvgIpc) is 3.10. The fraction of sp³-hybridized carbons (Fsp3) is 0.292. The number of aryl methyl sites for hydroxylation is 1. The number of fused-ring (bicyclic) bond motifs is 1. The minimum atomic E-state index is -0.184. The number of carbonyl (C=O) groups excluding carboxylic acids is 1. The summed E-state index contributed by atoms with van der Waals surface area (Å²) in [6.45, 7) is 2.60. The van der Waals surface area contributed by atoms with E-state index in [1.54, 1.807) is 24.3 Å². The summed E-state index contributed by atoms with van der Waals surface area (Å²) in [6.07, 6.45) is 3.90. The van der Waals surface area contributed by atoms with Gasteiger partial charge in [-0.1, -0.05) is 24.3 Å². The molecule has 7 heteroatoms. The number of amides is 1. The molecule has 1 aromatic heterocycles. The highest BCUT2D eigenvalue weighted by Crippen LogP contribution is 2.29. The molecule has 1 amide bonds. The molecule has 0 atom stereocenters. The van der Waals surface area contributed by atoms with E-state index in [0.29, 0.717) is 18.0 Å². The number of aliphatic hydroxyl groups is 2. The van der Waals surface area contributed by atoms with Crippen LogP contribution in [0, 0.1) is 6.92 Å². The third-order valence-corrected chi connectivity index (χ3v) is 4.79. The number of aliphatic hydroxyl groups excluding tert-OH is 2. The first-order chi connectivity index (χ1) is 15.1. The lowest BCUT2D eigenvalue weighted by Crippen LogP contribution is -2.23. The van der Waals surface area contributed by atoms with Crippen molar-refractivity contribution < 1.29 is 24.5 Å². The van der Waals surface area contributed by atoms with Gasteiger partial charge in [0.05, 0.1) is 13.2 Å². The summed E-state index contributed by atoms with van der Waals surface area (Å²) < 4.78 is 10.9. The number of ether oxygens (including phenoxy) is 2. The van der Waals surface area contributed by atoms with Crippen LogP contribution < -0.4 is 14.8 Å². The van der Waals surface area contributed by atoms with E-state index >= 15 is 0 Å². The first-order valence-corrected chi connectivity index (χ1v) is 10.3. The largest absolute Gasteiger partial charge is 0.487 e. The Balaban J connectivity index is 1.58. The topological polar surface area (TPSA) is 104 Å². The monoisotopic (exact) mass is 424 g/mol. The maximum absolute atomic E-state index is 12.2. The van der Waals surface area contributed by atoms with Crippen molar-refractivity contribution in [1.29, 1.82) is 0 Å². The maximum Gasteiger partial charge on any atom is 0.244 e. The Bertz CT molecular complexity index is 1040. The fourth-order valence-corrected chi connectivity index (χ4v) is 3.37. The van der Waals surface area contributed by atoms with Crippen LogP contribution in [0.5, 0.6) is 11.5 Å². The summed E-state index contributed by atoms with van der Waals surface area (Å²) in [7, 11) is 0. The highest BCUT2D eigenvalue weighted by atomic mass is 16.5. The van der Waals surface area contributed by atoms with E-state index < -0.39 is 0 Å². The van der Waals surface area contributed by atoms with Crippen molar-refractivity contribution in [1.82, 2.24) is 10.3 Å². The minimum Gasteiger partial charge on any atom is -0.487 e. The van der Waals surface area contributed by atoms with E-state index in [9.17, 15) is 4.79 Å². The smallest absolute Gasteiger partial charge is 0.244 e. The minimum absolute atomic E-state index is 0.112. The lowest BCUT2D eigenvalue weighted by Gasteiger charge is -2.12. The SMILES string of the molecule is Cc1[nH]c2ccccc2c1CCNC(=O)C=Cc1ccc(OCCO)c(OCCO)c1. The van der Waals surface area contributed by atoms with E-state index in [2.05, 4.69) is 16.4 Å². The van der Waals surface area contributed by atoms with Gasteiger partial charge in [-0.05, 0) is 48.7 Å². The van der Waals surface area contributed by atoms with Crippen LogP contribution in [0.15, 0.2) is 48.5 Å². The molecule has 0 fully saturated rings. The molecule has 0 aliphatic rings. The quantitative estimate of drug-likeness (QED) is 0.354. The van der Waals surface area contributed by atoms with Crippen LogP contribution in [-0.4, -0.2) is 54.1 Å². The number of hydrogen-bond donors (Lipinski definition) is 4. The van der Waals surface area contributed by atoms with Crippen molar-refractivity contribution in [3.05, 3.63) is 65.4 Å². The van der Waals surface area contributed by atoms with Crippen LogP contribution in [0.3, 0.4) is 0 Å². The highest BCUT2D eigenvalue weighted by molar-refractivity contribution is 5.92. The lowest BCUT2D eigenvalue weighted by molar-refractivity contribution is -0.116. The van der Waals surface area contributed by atoms with Crippen molar-refractivity contribution in [2.45, 2.75) is 13.3 Å². The van der Waals surface area contributed by atoms with Gasteiger partial charge in [-0.3, -0.25) is 4.79 Å². The van der Waals surface area contributed by atoms with Gasteiger partial charge in [0.15, 0.2) is 11.5 Å². The van der Waals surface area contributed by atoms with Crippen LogP contribution in [0.1, 0.15) is 16.8 Å². The maximum atomic E-state index is 12.2.